The maximum absolute atomic E-state index is 12.6. The molecule has 1 N–H and O–H groups in total. The molecule has 0 bridgehead atoms. The topological polar surface area (TPSA) is 90.9 Å². The molecule has 2 rings (SSSR count). The van der Waals surface area contributed by atoms with E-state index in [0.717, 1.165) is 0 Å². The molecule has 0 saturated heterocycles. The normalized spacial score (nSPS) is 11.1. The van der Waals surface area contributed by atoms with Crippen LogP contribution in [0.15, 0.2) is 41.3 Å². The van der Waals surface area contributed by atoms with E-state index in [4.69, 9.17) is 9.47 Å². The van der Waals surface area contributed by atoms with E-state index in [1.807, 2.05) is 0 Å². The number of benzene rings is 2. The highest BCUT2D eigenvalue weighted by molar-refractivity contribution is 7.89. The molecule has 0 fully saturated rings. The van der Waals surface area contributed by atoms with Crippen molar-refractivity contribution in [3.8, 4) is 11.5 Å². The molecule has 0 spiro atoms. The maximum Gasteiger partial charge on any atom is 0.337 e. The van der Waals surface area contributed by atoms with Crippen LogP contribution in [0.5, 0.6) is 11.5 Å². The van der Waals surface area contributed by atoms with Crippen LogP contribution in [-0.4, -0.2) is 35.7 Å². The van der Waals surface area contributed by atoms with Gasteiger partial charge < -0.3 is 14.2 Å². The number of sulfonamides is 1. The van der Waals surface area contributed by atoms with Crippen LogP contribution in [0.4, 0.5) is 0 Å². The highest BCUT2D eigenvalue weighted by Gasteiger charge is 2.19. The van der Waals surface area contributed by atoms with Gasteiger partial charge in [0, 0.05) is 6.54 Å². The molecule has 26 heavy (non-hydrogen) atoms. The van der Waals surface area contributed by atoms with Gasteiger partial charge in [-0.05, 0) is 42.3 Å². The quantitative estimate of drug-likeness (QED) is 0.742. The summed E-state index contributed by atoms with van der Waals surface area (Å²) in [5.74, 6) is 0.468. The van der Waals surface area contributed by atoms with Crippen LogP contribution in [0, 0.1) is 6.92 Å². The van der Waals surface area contributed by atoms with Gasteiger partial charge in [-0.25, -0.2) is 17.9 Å². The van der Waals surface area contributed by atoms with Crippen molar-refractivity contribution in [3.05, 3.63) is 53.1 Å². The lowest BCUT2D eigenvalue weighted by atomic mass is 10.1. The average molecular weight is 379 g/mol. The summed E-state index contributed by atoms with van der Waals surface area (Å²) in [5.41, 5.74) is 1.40. The van der Waals surface area contributed by atoms with Crippen LogP contribution in [0.2, 0.25) is 0 Å². The molecule has 0 heterocycles. The number of carbonyl (C=O) groups is 1. The zero-order valence-corrected chi connectivity index (χ0v) is 15.8. The summed E-state index contributed by atoms with van der Waals surface area (Å²) >= 11 is 0. The number of hydrogen-bond acceptors (Lipinski definition) is 6. The molecule has 0 unspecified atom stereocenters. The van der Waals surface area contributed by atoms with Crippen molar-refractivity contribution in [1.82, 2.24) is 4.72 Å². The fraction of sp³-hybridized carbons (Fsp3) is 0.278. The zero-order chi connectivity index (χ0) is 19.3. The van der Waals surface area contributed by atoms with Gasteiger partial charge in [-0.15, -0.1) is 0 Å². The number of aryl methyl sites for hydroxylation is 1. The third-order valence-corrected chi connectivity index (χ3v) is 5.36. The Labute approximate surface area is 152 Å². The predicted molar refractivity (Wildman–Crippen MR) is 96.1 cm³/mol. The number of rotatable bonds is 7. The van der Waals surface area contributed by atoms with Gasteiger partial charge >= 0.3 is 5.97 Å². The van der Waals surface area contributed by atoms with Crippen LogP contribution in [0.1, 0.15) is 21.5 Å². The number of ether oxygens (including phenoxy) is 3. The molecule has 0 aliphatic carbocycles. The van der Waals surface area contributed by atoms with Crippen molar-refractivity contribution in [1.29, 1.82) is 0 Å². The Kier molecular flexibility index (Phi) is 6.23. The Morgan fingerprint density at radius 2 is 1.69 bits per heavy atom. The Hall–Kier alpha value is -2.58. The lowest BCUT2D eigenvalue weighted by molar-refractivity contribution is 0.0600. The Bertz CT molecular complexity index is 908. The standard InChI is InChI=1S/C18H21NO6S/c1-12-5-7-14(18(20)25-4)10-17(12)26(21,22)19-11-13-6-8-15(23-2)16(9-13)24-3/h5-10,19H,11H2,1-4H3. The third-order valence-electron chi connectivity index (χ3n) is 3.81. The maximum atomic E-state index is 12.6. The van der Waals surface area contributed by atoms with Gasteiger partial charge in [0.25, 0.3) is 0 Å². The lowest BCUT2D eigenvalue weighted by Crippen LogP contribution is -2.24. The largest absolute Gasteiger partial charge is 0.493 e. The summed E-state index contributed by atoms with van der Waals surface area (Å²) in [5, 5.41) is 0. The zero-order valence-electron chi connectivity index (χ0n) is 15.0. The number of hydrogen-bond donors (Lipinski definition) is 1. The van der Waals surface area contributed by atoms with E-state index in [2.05, 4.69) is 9.46 Å². The second-order valence-electron chi connectivity index (χ2n) is 5.49. The van der Waals surface area contributed by atoms with E-state index >= 15 is 0 Å². The van der Waals surface area contributed by atoms with Crippen LogP contribution >= 0.6 is 0 Å². The first-order valence-electron chi connectivity index (χ1n) is 7.72. The number of nitrogens with one attached hydrogen (secondary N) is 1. The molecule has 7 nitrogen and oxygen atoms in total. The average Bonchev–Trinajstić information content (AvgIpc) is 2.65. The molecule has 2 aromatic carbocycles. The summed E-state index contributed by atoms with van der Waals surface area (Å²) in [6.45, 7) is 1.72. The fourth-order valence-electron chi connectivity index (χ4n) is 2.38. The van der Waals surface area contributed by atoms with Crippen molar-refractivity contribution in [2.75, 3.05) is 21.3 Å². The van der Waals surface area contributed by atoms with Gasteiger partial charge in [0.1, 0.15) is 0 Å². The van der Waals surface area contributed by atoms with E-state index in [1.54, 1.807) is 31.2 Å². The first-order valence-corrected chi connectivity index (χ1v) is 9.20. The minimum atomic E-state index is -3.82. The molecule has 0 amide bonds. The van der Waals surface area contributed by atoms with Crippen molar-refractivity contribution >= 4 is 16.0 Å². The smallest absolute Gasteiger partial charge is 0.337 e. The molecule has 8 heteroatoms. The molecule has 0 radical (unpaired) electrons. The van der Waals surface area contributed by atoms with E-state index in [0.29, 0.717) is 22.6 Å². The molecular formula is C18H21NO6S. The second-order valence-corrected chi connectivity index (χ2v) is 7.22. The van der Waals surface area contributed by atoms with Gasteiger partial charge in [0.2, 0.25) is 10.0 Å². The van der Waals surface area contributed by atoms with Gasteiger partial charge in [0.15, 0.2) is 11.5 Å². The molecule has 0 aromatic heterocycles. The Morgan fingerprint density at radius 1 is 1.00 bits per heavy atom. The minimum absolute atomic E-state index is 0.0286. The Balaban J connectivity index is 2.25. The SMILES string of the molecule is COC(=O)c1ccc(C)c(S(=O)(=O)NCc2ccc(OC)c(OC)c2)c1. The van der Waals surface area contributed by atoms with Crippen LogP contribution in [-0.2, 0) is 21.3 Å². The minimum Gasteiger partial charge on any atom is -0.493 e. The number of esters is 1. The van der Waals surface area contributed by atoms with Crippen molar-refractivity contribution in [2.24, 2.45) is 0 Å². The second kappa shape index (κ2) is 8.20. The number of methoxy groups -OCH3 is 3. The summed E-state index contributed by atoms with van der Waals surface area (Å²) in [6, 6.07) is 9.52. The highest BCUT2D eigenvalue weighted by Crippen LogP contribution is 2.27. The fourth-order valence-corrected chi connectivity index (χ4v) is 3.67. The van der Waals surface area contributed by atoms with Gasteiger partial charge in [-0.2, -0.15) is 0 Å². The van der Waals surface area contributed by atoms with Crippen molar-refractivity contribution in [3.63, 3.8) is 0 Å². The van der Waals surface area contributed by atoms with E-state index in [9.17, 15) is 13.2 Å². The third kappa shape index (κ3) is 4.33. The van der Waals surface area contributed by atoms with Crippen LogP contribution < -0.4 is 14.2 Å². The van der Waals surface area contributed by atoms with Crippen LogP contribution in [0.3, 0.4) is 0 Å². The molecule has 0 atom stereocenters. The summed E-state index contributed by atoms with van der Waals surface area (Å²) in [4.78, 5) is 11.7. The summed E-state index contributed by atoms with van der Waals surface area (Å²) in [6.07, 6.45) is 0. The van der Waals surface area contributed by atoms with E-state index < -0.39 is 16.0 Å². The van der Waals surface area contributed by atoms with Crippen molar-refractivity contribution < 1.29 is 27.4 Å². The molecule has 0 saturated carbocycles. The van der Waals surface area contributed by atoms with E-state index in [-0.39, 0.29) is 17.0 Å². The van der Waals surface area contributed by atoms with E-state index in [1.165, 1.54) is 33.5 Å². The Morgan fingerprint density at radius 3 is 2.31 bits per heavy atom. The monoisotopic (exact) mass is 379 g/mol. The van der Waals surface area contributed by atoms with Gasteiger partial charge in [-0.3, -0.25) is 0 Å². The molecular weight excluding hydrogens is 358 g/mol. The molecule has 0 aliphatic heterocycles. The van der Waals surface area contributed by atoms with Gasteiger partial charge in [-0.1, -0.05) is 12.1 Å². The molecule has 140 valence electrons. The first-order chi connectivity index (χ1) is 12.3. The van der Waals surface area contributed by atoms with Gasteiger partial charge in [0.05, 0.1) is 31.8 Å². The first kappa shape index (κ1) is 19.7. The van der Waals surface area contributed by atoms with Crippen LogP contribution in [0.25, 0.3) is 0 Å². The highest BCUT2D eigenvalue weighted by atomic mass is 32.2. The molecule has 0 aliphatic rings. The lowest BCUT2D eigenvalue weighted by Gasteiger charge is -2.12. The molecule has 2 aromatic rings. The predicted octanol–water partition coefficient (Wildman–Crippen LogP) is 2.28. The summed E-state index contributed by atoms with van der Waals surface area (Å²) in [7, 11) is 0.456. The number of carbonyl (C=O) groups excluding carboxylic acids is 1. The van der Waals surface area contributed by atoms with Crippen molar-refractivity contribution in [2.45, 2.75) is 18.4 Å². The summed E-state index contributed by atoms with van der Waals surface area (Å²) < 4.78 is 42.8.